The number of nitrogens with zero attached hydrogens (tertiary/aromatic N) is 1. The average molecular weight is 265 g/mol. The van der Waals surface area contributed by atoms with E-state index in [2.05, 4.69) is 16.9 Å². The first-order valence-corrected chi connectivity index (χ1v) is 6.30. The highest BCUT2D eigenvalue weighted by atomic mass is 35.5. The molecule has 0 radical (unpaired) electrons. The van der Waals surface area contributed by atoms with Crippen molar-refractivity contribution in [3.63, 3.8) is 0 Å². The average Bonchev–Trinajstić information content (AvgIpc) is 2.26. The van der Waals surface area contributed by atoms with Gasteiger partial charge in [-0.25, -0.2) is 4.98 Å². The van der Waals surface area contributed by atoms with Gasteiger partial charge in [0.05, 0.1) is 16.6 Å². The lowest BCUT2D eigenvalue weighted by Gasteiger charge is -2.42. The highest BCUT2D eigenvalue weighted by Crippen LogP contribution is 2.39. The van der Waals surface area contributed by atoms with Gasteiger partial charge in [0.25, 0.3) is 0 Å². The third-order valence-corrected chi connectivity index (χ3v) is 3.75. The molecule has 1 atom stereocenters. The number of aromatic nitrogens is 1. The molecular weight excluding hydrogens is 248 g/mol. The zero-order chi connectivity index (χ0) is 13.6. The Labute approximate surface area is 112 Å². The molecule has 1 amide bonds. The third kappa shape index (κ3) is 1.83. The van der Waals surface area contributed by atoms with Gasteiger partial charge in [-0.05, 0) is 38.8 Å². The first-order chi connectivity index (χ1) is 8.31. The van der Waals surface area contributed by atoms with Gasteiger partial charge >= 0.3 is 0 Å². The van der Waals surface area contributed by atoms with Crippen LogP contribution in [0.15, 0.2) is 24.8 Å². The molecule has 1 N–H and O–H groups in total. The minimum Gasteiger partial charge on any atom is -0.346 e. The number of carbonyl (C=O) groups excluding carboxylic acids is 1. The van der Waals surface area contributed by atoms with E-state index in [9.17, 15) is 4.79 Å². The van der Waals surface area contributed by atoms with Crippen LogP contribution in [-0.2, 0) is 15.7 Å². The largest absolute Gasteiger partial charge is 0.346 e. The van der Waals surface area contributed by atoms with Gasteiger partial charge in [-0.1, -0.05) is 23.7 Å². The molecule has 1 unspecified atom stereocenters. The predicted molar refractivity (Wildman–Crippen MR) is 72.6 cm³/mol. The normalized spacial score (nSPS) is 25.2. The van der Waals surface area contributed by atoms with E-state index in [-0.39, 0.29) is 5.91 Å². The molecule has 1 aliphatic heterocycles. The van der Waals surface area contributed by atoms with Crippen molar-refractivity contribution in [2.75, 3.05) is 0 Å². The maximum Gasteiger partial charge on any atom is 0.232 e. The Morgan fingerprint density at radius 1 is 1.44 bits per heavy atom. The Morgan fingerprint density at radius 2 is 2.11 bits per heavy atom. The Morgan fingerprint density at radius 3 is 2.72 bits per heavy atom. The lowest BCUT2D eigenvalue weighted by Crippen LogP contribution is -2.56. The predicted octanol–water partition coefficient (Wildman–Crippen LogP) is 2.93. The lowest BCUT2D eigenvalue weighted by molar-refractivity contribution is -0.129. The molecule has 0 aromatic carbocycles. The molecule has 3 nitrogen and oxygen atoms in total. The van der Waals surface area contributed by atoms with Crippen molar-refractivity contribution in [2.24, 2.45) is 0 Å². The van der Waals surface area contributed by atoms with Crippen LogP contribution in [0.4, 0.5) is 0 Å². The quantitative estimate of drug-likeness (QED) is 0.659. The molecule has 1 aromatic rings. The maximum absolute atomic E-state index is 12.4. The SMILES string of the molecule is C=CCC1(C)C(=O)NC(C)(C)c2ccc(Cl)nc21. The standard InChI is InChI=1S/C14H17ClN2O/c1-5-8-14(4)11-9(6-7-10(15)16-11)13(2,3)17-12(14)18/h5-7H,1,8H2,2-4H3,(H,17,18). The molecule has 18 heavy (non-hydrogen) atoms. The second-order valence-electron chi connectivity index (χ2n) is 5.43. The maximum atomic E-state index is 12.4. The number of rotatable bonds is 2. The van der Waals surface area contributed by atoms with Crippen molar-refractivity contribution >= 4 is 17.5 Å². The van der Waals surface area contributed by atoms with Crippen LogP contribution in [0.3, 0.4) is 0 Å². The van der Waals surface area contributed by atoms with Crippen LogP contribution in [0.2, 0.25) is 5.15 Å². The van der Waals surface area contributed by atoms with Gasteiger partial charge in [0.2, 0.25) is 5.91 Å². The third-order valence-electron chi connectivity index (χ3n) is 3.54. The fourth-order valence-electron chi connectivity index (χ4n) is 2.43. The fraction of sp³-hybridized carbons (Fsp3) is 0.429. The second-order valence-corrected chi connectivity index (χ2v) is 5.82. The van der Waals surface area contributed by atoms with Crippen LogP contribution in [0, 0.1) is 0 Å². The highest BCUT2D eigenvalue weighted by Gasteiger charge is 2.46. The summed E-state index contributed by atoms with van der Waals surface area (Å²) in [6.07, 6.45) is 2.28. The van der Waals surface area contributed by atoms with Gasteiger partial charge in [-0.2, -0.15) is 0 Å². The van der Waals surface area contributed by atoms with E-state index in [0.29, 0.717) is 11.6 Å². The Hall–Kier alpha value is -1.35. The monoisotopic (exact) mass is 264 g/mol. The van der Waals surface area contributed by atoms with Gasteiger partial charge in [0, 0.05) is 0 Å². The molecular formula is C14H17ClN2O. The molecule has 2 heterocycles. The molecule has 0 spiro atoms. The zero-order valence-corrected chi connectivity index (χ0v) is 11.6. The summed E-state index contributed by atoms with van der Waals surface area (Å²) in [5, 5.41) is 3.45. The van der Waals surface area contributed by atoms with E-state index >= 15 is 0 Å². The Balaban J connectivity index is 2.71. The molecule has 0 saturated carbocycles. The van der Waals surface area contributed by atoms with Crippen LogP contribution in [0.25, 0.3) is 0 Å². The van der Waals surface area contributed by atoms with Crippen molar-refractivity contribution in [2.45, 2.75) is 38.1 Å². The van der Waals surface area contributed by atoms with E-state index in [4.69, 9.17) is 11.6 Å². The van der Waals surface area contributed by atoms with Crippen LogP contribution in [0.1, 0.15) is 38.4 Å². The van der Waals surface area contributed by atoms with Crippen molar-refractivity contribution in [1.29, 1.82) is 0 Å². The molecule has 1 aliphatic rings. The molecule has 2 rings (SSSR count). The van der Waals surface area contributed by atoms with E-state index in [0.717, 1.165) is 11.3 Å². The van der Waals surface area contributed by atoms with Gasteiger partial charge in [-0.3, -0.25) is 4.79 Å². The van der Waals surface area contributed by atoms with E-state index < -0.39 is 11.0 Å². The van der Waals surface area contributed by atoms with Crippen molar-refractivity contribution in [3.05, 3.63) is 41.2 Å². The number of allylic oxidation sites excluding steroid dienone is 1. The molecule has 0 saturated heterocycles. The summed E-state index contributed by atoms with van der Waals surface area (Å²) in [7, 11) is 0. The topological polar surface area (TPSA) is 42.0 Å². The van der Waals surface area contributed by atoms with E-state index in [1.54, 1.807) is 12.1 Å². The number of pyridine rings is 1. The van der Waals surface area contributed by atoms with Crippen LogP contribution < -0.4 is 5.32 Å². The zero-order valence-electron chi connectivity index (χ0n) is 10.9. The minimum atomic E-state index is -0.697. The number of amides is 1. The summed E-state index contributed by atoms with van der Waals surface area (Å²) < 4.78 is 0. The molecule has 1 aromatic heterocycles. The molecule has 0 aliphatic carbocycles. The van der Waals surface area contributed by atoms with Crippen molar-refractivity contribution in [3.8, 4) is 0 Å². The first kappa shape index (κ1) is 13.1. The minimum absolute atomic E-state index is 0.0327. The van der Waals surface area contributed by atoms with Crippen LogP contribution in [-0.4, -0.2) is 10.9 Å². The summed E-state index contributed by atoms with van der Waals surface area (Å²) in [5.41, 5.74) is 0.641. The summed E-state index contributed by atoms with van der Waals surface area (Å²) in [5.74, 6) is -0.0327. The molecule has 96 valence electrons. The van der Waals surface area contributed by atoms with Crippen LogP contribution in [0.5, 0.6) is 0 Å². The lowest BCUT2D eigenvalue weighted by atomic mass is 9.72. The highest BCUT2D eigenvalue weighted by molar-refractivity contribution is 6.29. The van der Waals surface area contributed by atoms with Crippen LogP contribution >= 0.6 is 11.6 Å². The van der Waals surface area contributed by atoms with Crippen molar-refractivity contribution < 1.29 is 4.79 Å². The van der Waals surface area contributed by atoms with Gasteiger partial charge in [0.15, 0.2) is 0 Å². The first-order valence-electron chi connectivity index (χ1n) is 5.92. The second kappa shape index (κ2) is 4.09. The number of carbonyl (C=O) groups is 1. The Bertz CT molecular complexity index is 525. The summed E-state index contributed by atoms with van der Waals surface area (Å²) in [6.45, 7) is 9.53. The number of hydrogen-bond donors (Lipinski definition) is 1. The van der Waals surface area contributed by atoms with Gasteiger partial charge in [0.1, 0.15) is 5.15 Å². The molecule has 0 bridgehead atoms. The number of hydrogen-bond acceptors (Lipinski definition) is 2. The van der Waals surface area contributed by atoms with Gasteiger partial charge in [-0.15, -0.1) is 6.58 Å². The Kier molecular flexibility index (Phi) is 2.98. The van der Waals surface area contributed by atoms with Gasteiger partial charge < -0.3 is 5.32 Å². The summed E-state index contributed by atoms with van der Waals surface area (Å²) >= 11 is 5.98. The number of fused-ring (bicyclic) bond motifs is 1. The van der Waals surface area contributed by atoms with Crippen molar-refractivity contribution in [1.82, 2.24) is 10.3 Å². The molecule has 4 heteroatoms. The summed E-state index contributed by atoms with van der Waals surface area (Å²) in [4.78, 5) is 16.7. The molecule has 0 fully saturated rings. The smallest absolute Gasteiger partial charge is 0.232 e. The number of halogens is 1. The fourth-order valence-corrected chi connectivity index (χ4v) is 2.58. The van der Waals surface area contributed by atoms with E-state index in [1.165, 1.54) is 0 Å². The van der Waals surface area contributed by atoms with E-state index in [1.807, 2.05) is 26.8 Å². The number of nitrogens with one attached hydrogen (secondary N) is 1. The summed E-state index contributed by atoms with van der Waals surface area (Å²) in [6, 6.07) is 3.69.